The van der Waals surface area contributed by atoms with Crippen LogP contribution < -0.4 is 0 Å². The molecule has 2 heteroatoms. The monoisotopic (exact) mass is 269 g/mol. The van der Waals surface area contributed by atoms with Crippen LogP contribution in [0.1, 0.15) is 50.2 Å². The molecule has 0 aliphatic heterocycles. The van der Waals surface area contributed by atoms with E-state index in [1.54, 1.807) is 0 Å². The molecule has 1 fully saturated rings. The molecule has 0 amide bonds. The summed E-state index contributed by atoms with van der Waals surface area (Å²) in [7, 11) is 0. The Bertz CT molecular complexity index is 537. The molecule has 1 aromatic rings. The Morgan fingerprint density at radius 3 is 2.45 bits per heavy atom. The van der Waals surface area contributed by atoms with Crippen molar-refractivity contribution in [1.82, 2.24) is 0 Å². The first-order valence-corrected chi connectivity index (χ1v) is 7.79. The van der Waals surface area contributed by atoms with Crippen LogP contribution in [0.4, 0.5) is 0 Å². The predicted octanol–water partition coefficient (Wildman–Crippen LogP) is 3.63. The van der Waals surface area contributed by atoms with Gasteiger partial charge in [-0.05, 0) is 62.0 Å². The van der Waals surface area contributed by atoms with Gasteiger partial charge in [-0.3, -0.25) is 0 Å². The van der Waals surface area contributed by atoms with E-state index in [9.17, 15) is 10.4 Å². The molecular weight excluding hydrogens is 246 g/mol. The molecule has 0 saturated heterocycles. The Labute approximate surface area is 121 Å². The van der Waals surface area contributed by atoms with E-state index >= 15 is 0 Å². The van der Waals surface area contributed by atoms with Gasteiger partial charge in [-0.25, -0.2) is 0 Å². The second kappa shape index (κ2) is 4.90. The maximum atomic E-state index is 11.2. The summed E-state index contributed by atoms with van der Waals surface area (Å²) in [6.07, 6.45) is 6.08. The summed E-state index contributed by atoms with van der Waals surface area (Å²) < 4.78 is 0. The van der Waals surface area contributed by atoms with Crippen LogP contribution in [0, 0.1) is 22.7 Å². The smallest absolute Gasteiger partial charge is 0.0903 e. The lowest BCUT2D eigenvalue weighted by Crippen LogP contribution is -2.52. The van der Waals surface area contributed by atoms with E-state index in [1.807, 2.05) is 6.07 Å². The lowest BCUT2D eigenvalue weighted by atomic mass is 9.58. The number of hydrogen-bond donors (Lipinski definition) is 1. The van der Waals surface area contributed by atoms with Crippen molar-refractivity contribution in [3.63, 3.8) is 0 Å². The number of benzene rings is 1. The number of fused-ring (bicyclic) bond motifs is 1. The number of hydrogen-bond acceptors (Lipinski definition) is 2. The second-order valence-electron chi connectivity index (χ2n) is 6.85. The zero-order valence-electron chi connectivity index (χ0n) is 12.2. The van der Waals surface area contributed by atoms with Crippen LogP contribution in [0.25, 0.3) is 0 Å². The lowest BCUT2D eigenvalue weighted by molar-refractivity contribution is -0.0953. The van der Waals surface area contributed by atoms with Gasteiger partial charge in [0.1, 0.15) is 0 Å². The van der Waals surface area contributed by atoms with E-state index < -0.39 is 11.0 Å². The fraction of sp³-hybridized carbons (Fsp3) is 0.611. The minimum absolute atomic E-state index is 0.582. The highest BCUT2D eigenvalue weighted by molar-refractivity contribution is 5.34. The van der Waals surface area contributed by atoms with Gasteiger partial charge >= 0.3 is 0 Å². The highest BCUT2D eigenvalue weighted by Gasteiger charge is 2.52. The quantitative estimate of drug-likeness (QED) is 0.846. The Morgan fingerprint density at radius 1 is 1.15 bits per heavy atom. The third kappa shape index (κ3) is 2.05. The summed E-state index contributed by atoms with van der Waals surface area (Å²) in [5.41, 5.74) is 1.24. The van der Waals surface area contributed by atoms with Gasteiger partial charge in [-0.1, -0.05) is 31.2 Å². The third-order valence-corrected chi connectivity index (χ3v) is 5.64. The summed E-state index contributed by atoms with van der Waals surface area (Å²) in [6, 6.07) is 10.9. The molecule has 2 nitrogen and oxygen atoms in total. The van der Waals surface area contributed by atoms with Crippen molar-refractivity contribution >= 4 is 0 Å². The molecule has 1 unspecified atom stereocenters. The molecular formula is C18H23NO. The van der Waals surface area contributed by atoms with Gasteiger partial charge < -0.3 is 5.11 Å². The molecule has 2 aliphatic rings. The summed E-state index contributed by atoms with van der Waals surface area (Å²) in [6.45, 7) is 2.24. The van der Waals surface area contributed by atoms with Crippen LogP contribution >= 0.6 is 0 Å². The van der Waals surface area contributed by atoms with Crippen LogP contribution in [0.3, 0.4) is 0 Å². The standard InChI is InChI=1S/C18H23NO/c1-14-6-10-18(20,11-7-14)17(13-19)9-8-15-4-2-3-5-16(15)12-17/h2-5,14,20H,6-12H2,1H3. The third-order valence-electron chi connectivity index (χ3n) is 5.64. The molecule has 0 heterocycles. The first kappa shape index (κ1) is 13.6. The zero-order valence-corrected chi connectivity index (χ0v) is 12.2. The van der Waals surface area contributed by atoms with Crippen LogP contribution in [-0.4, -0.2) is 10.7 Å². The van der Waals surface area contributed by atoms with Crippen LogP contribution in [0.2, 0.25) is 0 Å². The summed E-state index contributed by atoms with van der Waals surface area (Å²) in [5.74, 6) is 0.682. The van der Waals surface area contributed by atoms with Crippen LogP contribution in [0.15, 0.2) is 24.3 Å². The van der Waals surface area contributed by atoms with Crippen molar-refractivity contribution < 1.29 is 5.11 Å². The number of nitriles is 1. The molecule has 20 heavy (non-hydrogen) atoms. The largest absolute Gasteiger partial charge is 0.388 e. The molecule has 1 saturated carbocycles. The van der Waals surface area contributed by atoms with Gasteiger partial charge in [0.25, 0.3) is 0 Å². The maximum Gasteiger partial charge on any atom is 0.0903 e. The Morgan fingerprint density at radius 2 is 1.80 bits per heavy atom. The minimum Gasteiger partial charge on any atom is -0.388 e. The van der Waals surface area contributed by atoms with Gasteiger partial charge in [-0.2, -0.15) is 5.26 Å². The van der Waals surface area contributed by atoms with Gasteiger partial charge in [0, 0.05) is 0 Å². The van der Waals surface area contributed by atoms with Crippen molar-refractivity contribution in [1.29, 1.82) is 5.26 Å². The van der Waals surface area contributed by atoms with Crippen molar-refractivity contribution in [3.05, 3.63) is 35.4 Å². The zero-order chi connectivity index (χ0) is 14.2. The minimum atomic E-state index is -0.790. The van der Waals surface area contributed by atoms with Crippen molar-refractivity contribution in [2.45, 2.75) is 57.5 Å². The van der Waals surface area contributed by atoms with E-state index in [4.69, 9.17) is 0 Å². The Kier molecular flexibility index (Phi) is 3.34. The van der Waals surface area contributed by atoms with E-state index in [2.05, 4.69) is 31.2 Å². The maximum absolute atomic E-state index is 11.2. The first-order chi connectivity index (χ1) is 9.59. The molecule has 1 N–H and O–H groups in total. The fourth-order valence-electron chi connectivity index (χ4n) is 4.05. The molecule has 0 aromatic heterocycles. The van der Waals surface area contributed by atoms with Crippen molar-refractivity contribution in [2.75, 3.05) is 0 Å². The molecule has 1 aromatic carbocycles. The topological polar surface area (TPSA) is 44.0 Å². The molecule has 106 valence electrons. The Balaban J connectivity index is 1.92. The summed E-state index contributed by atoms with van der Waals surface area (Å²) in [4.78, 5) is 0. The van der Waals surface area contributed by atoms with E-state index in [0.29, 0.717) is 12.3 Å². The molecule has 0 bridgehead atoms. The normalized spacial score (nSPS) is 37.0. The average molecular weight is 269 g/mol. The average Bonchev–Trinajstić information content (AvgIpc) is 2.49. The Hall–Kier alpha value is -1.33. The van der Waals surface area contributed by atoms with E-state index in [-0.39, 0.29) is 0 Å². The number of aryl methyl sites for hydroxylation is 1. The summed E-state index contributed by atoms with van der Waals surface area (Å²) in [5, 5.41) is 21.0. The predicted molar refractivity (Wildman–Crippen MR) is 79.1 cm³/mol. The van der Waals surface area contributed by atoms with E-state index in [1.165, 1.54) is 11.1 Å². The molecule has 0 radical (unpaired) electrons. The van der Waals surface area contributed by atoms with Gasteiger partial charge in [0.15, 0.2) is 0 Å². The SMILES string of the molecule is CC1CCC(O)(C2(C#N)CCc3ccccc3C2)CC1. The number of nitrogens with zero attached hydrogens (tertiary/aromatic N) is 1. The van der Waals surface area contributed by atoms with Crippen molar-refractivity contribution in [3.8, 4) is 6.07 Å². The number of rotatable bonds is 1. The van der Waals surface area contributed by atoms with Crippen LogP contribution in [-0.2, 0) is 12.8 Å². The highest BCUT2D eigenvalue weighted by atomic mass is 16.3. The van der Waals surface area contributed by atoms with E-state index in [0.717, 1.165) is 38.5 Å². The fourth-order valence-corrected chi connectivity index (χ4v) is 4.05. The second-order valence-corrected chi connectivity index (χ2v) is 6.85. The molecule has 3 rings (SSSR count). The highest BCUT2D eigenvalue weighted by Crippen LogP contribution is 2.50. The molecule has 2 aliphatic carbocycles. The van der Waals surface area contributed by atoms with Crippen molar-refractivity contribution in [2.24, 2.45) is 11.3 Å². The summed E-state index contributed by atoms with van der Waals surface area (Å²) >= 11 is 0. The molecule has 1 atom stereocenters. The van der Waals surface area contributed by atoms with Crippen LogP contribution in [0.5, 0.6) is 0 Å². The van der Waals surface area contributed by atoms with Gasteiger partial charge in [-0.15, -0.1) is 0 Å². The van der Waals surface area contributed by atoms with Gasteiger partial charge in [0.05, 0.1) is 17.1 Å². The first-order valence-electron chi connectivity index (χ1n) is 7.79. The number of aliphatic hydroxyl groups is 1. The lowest BCUT2D eigenvalue weighted by Gasteiger charge is -2.48. The molecule has 0 spiro atoms. The van der Waals surface area contributed by atoms with Gasteiger partial charge in [0.2, 0.25) is 0 Å².